The number of amides is 1. The first kappa shape index (κ1) is 18.4. The van der Waals surface area contributed by atoms with E-state index in [1.165, 1.54) is 4.68 Å². The van der Waals surface area contributed by atoms with Crippen LogP contribution < -0.4 is 20.9 Å². The molecule has 2 N–H and O–H groups in total. The van der Waals surface area contributed by atoms with E-state index >= 15 is 0 Å². The molecule has 1 unspecified atom stereocenters. The van der Waals surface area contributed by atoms with Crippen molar-refractivity contribution in [1.29, 1.82) is 0 Å². The van der Waals surface area contributed by atoms with Crippen molar-refractivity contribution in [3.63, 3.8) is 0 Å². The van der Waals surface area contributed by atoms with E-state index in [1.807, 2.05) is 31.2 Å². The molecule has 26 heavy (non-hydrogen) atoms. The van der Waals surface area contributed by atoms with Gasteiger partial charge in [0.05, 0.1) is 11.9 Å². The van der Waals surface area contributed by atoms with Gasteiger partial charge in [0.25, 0.3) is 11.5 Å². The number of benzene rings is 1. The first-order valence-electron chi connectivity index (χ1n) is 8.44. The lowest BCUT2D eigenvalue weighted by molar-refractivity contribution is -0.123. The number of hydrogen-bond acceptors (Lipinski definition) is 5. The molecule has 1 aliphatic rings. The van der Waals surface area contributed by atoms with E-state index in [0.717, 1.165) is 18.4 Å². The Morgan fingerprint density at radius 2 is 2.08 bits per heavy atom. The van der Waals surface area contributed by atoms with Crippen LogP contribution in [-0.2, 0) is 11.8 Å². The molecule has 1 aromatic carbocycles. The van der Waals surface area contributed by atoms with Gasteiger partial charge in [-0.15, -0.1) is 0 Å². The van der Waals surface area contributed by atoms with Crippen LogP contribution >= 0.6 is 15.9 Å². The molecule has 0 radical (unpaired) electrons. The Kier molecular flexibility index (Phi) is 5.61. The van der Waals surface area contributed by atoms with Crippen LogP contribution in [0.2, 0.25) is 0 Å². The van der Waals surface area contributed by atoms with Gasteiger partial charge in [-0.2, -0.15) is 5.10 Å². The molecule has 138 valence electrons. The average Bonchev–Trinajstić information content (AvgIpc) is 3.45. The van der Waals surface area contributed by atoms with Gasteiger partial charge in [-0.05, 0) is 53.4 Å². The lowest BCUT2D eigenvalue weighted by Gasteiger charge is -2.17. The minimum atomic E-state index is -0.199. The number of carbonyl (C=O) groups is 1. The summed E-state index contributed by atoms with van der Waals surface area (Å²) < 4.78 is 7.22. The van der Waals surface area contributed by atoms with E-state index in [0.29, 0.717) is 22.0 Å². The molecule has 0 aliphatic heterocycles. The van der Waals surface area contributed by atoms with Crippen LogP contribution in [0, 0.1) is 0 Å². The highest BCUT2D eigenvalue weighted by Gasteiger charge is 2.23. The monoisotopic (exact) mass is 420 g/mol. The molecule has 8 heteroatoms. The van der Waals surface area contributed by atoms with Crippen molar-refractivity contribution in [2.24, 2.45) is 7.05 Å². The van der Waals surface area contributed by atoms with Crippen LogP contribution in [0.5, 0.6) is 5.75 Å². The number of rotatable bonds is 7. The molecule has 1 heterocycles. The Labute approximate surface area is 159 Å². The predicted octanol–water partition coefficient (Wildman–Crippen LogP) is 2.37. The number of aromatic nitrogens is 2. The van der Waals surface area contributed by atoms with Crippen LogP contribution in [0.4, 0.5) is 5.69 Å². The summed E-state index contributed by atoms with van der Waals surface area (Å²) in [6, 6.07) is 7.81. The quantitative estimate of drug-likeness (QED) is 0.717. The van der Waals surface area contributed by atoms with E-state index in [-0.39, 0.29) is 24.1 Å². The van der Waals surface area contributed by atoms with Crippen LogP contribution in [0.3, 0.4) is 0 Å². The van der Waals surface area contributed by atoms with Crippen LogP contribution in [0.15, 0.2) is 39.7 Å². The highest BCUT2D eigenvalue weighted by molar-refractivity contribution is 9.10. The third-order valence-corrected chi connectivity index (χ3v) is 4.91. The molecule has 0 bridgehead atoms. The third-order valence-electron chi connectivity index (χ3n) is 4.14. The van der Waals surface area contributed by atoms with Crippen molar-refractivity contribution in [1.82, 2.24) is 15.1 Å². The molecule has 0 saturated heterocycles. The normalized spacial score (nSPS) is 14.6. The predicted molar refractivity (Wildman–Crippen MR) is 102 cm³/mol. The van der Waals surface area contributed by atoms with Gasteiger partial charge < -0.3 is 15.4 Å². The van der Waals surface area contributed by atoms with E-state index in [2.05, 4.69) is 31.7 Å². The zero-order valence-electron chi connectivity index (χ0n) is 14.7. The highest BCUT2D eigenvalue weighted by Crippen LogP contribution is 2.24. The number of nitrogens with one attached hydrogen (secondary N) is 2. The first-order chi connectivity index (χ1) is 12.4. The van der Waals surface area contributed by atoms with Crippen LogP contribution in [0.1, 0.15) is 31.4 Å². The number of nitrogens with zero attached hydrogens (tertiary/aromatic N) is 2. The summed E-state index contributed by atoms with van der Waals surface area (Å²) in [4.78, 5) is 23.6. The molecule has 1 aromatic heterocycles. The molecule has 2 aromatic rings. The minimum absolute atomic E-state index is 0.0234. The smallest absolute Gasteiger partial charge is 0.282 e. The lowest BCUT2D eigenvalue weighted by Crippen LogP contribution is -2.30. The minimum Gasteiger partial charge on any atom is -0.484 e. The SMILES string of the molecule is CC(Nc1cnn(C)c(=O)c1Br)c1ccc(OCC(=O)NC2CC2)cc1. The van der Waals surface area contributed by atoms with Crippen molar-refractivity contribution in [3.8, 4) is 5.75 Å². The van der Waals surface area contributed by atoms with E-state index < -0.39 is 0 Å². The van der Waals surface area contributed by atoms with E-state index in [1.54, 1.807) is 13.2 Å². The largest absolute Gasteiger partial charge is 0.484 e. The van der Waals surface area contributed by atoms with Gasteiger partial charge in [-0.3, -0.25) is 9.59 Å². The Morgan fingerprint density at radius 1 is 1.38 bits per heavy atom. The average molecular weight is 421 g/mol. The Morgan fingerprint density at radius 3 is 2.73 bits per heavy atom. The molecule has 1 fully saturated rings. The second-order valence-electron chi connectivity index (χ2n) is 6.37. The summed E-state index contributed by atoms with van der Waals surface area (Å²) >= 11 is 3.31. The fourth-order valence-electron chi connectivity index (χ4n) is 2.43. The van der Waals surface area contributed by atoms with Gasteiger partial charge in [0.2, 0.25) is 0 Å². The fourth-order valence-corrected chi connectivity index (χ4v) is 2.90. The summed E-state index contributed by atoms with van der Waals surface area (Å²) in [5.74, 6) is 0.554. The molecule has 0 spiro atoms. The lowest BCUT2D eigenvalue weighted by atomic mass is 10.1. The first-order valence-corrected chi connectivity index (χ1v) is 9.24. The summed E-state index contributed by atoms with van der Waals surface area (Å²) in [6.07, 6.45) is 3.73. The van der Waals surface area contributed by atoms with Gasteiger partial charge in [0, 0.05) is 19.1 Å². The second-order valence-corrected chi connectivity index (χ2v) is 7.16. The maximum atomic E-state index is 11.9. The molecule has 1 atom stereocenters. The van der Waals surface area contributed by atoms with Gasteiger partial charge in [0.15, 0.2) is 6.61 Å². The van der Waals surface area contributed by atoms with Crippen LogP contribution in [-0.4, -0.2) is 28.3 Å². The Balaban J connectivity index is 1.58. The highest BCUT2D eigenvalue weighted by atomic mass is 79.9. The van der Waals surface area contributed by atoms with E-state index in [9.17, 15) is 9.59 Å². The zero-order chi connectivity index (χ0) is 18.7. The topological polar surface area (TPSA) is 85.2 Å². The molecule has 1 saturated carbocycles. The maximum Gasteiger partial charge on any atom is 0.282 e. The van der Waals surface area contributed by atoms with E-state index in [4.69, 9.17) is 4.74 Å². The summed E-state index contributed by atoms with van der Waals surface area (Å²) in [5.41, 5.74) is 1.46. The number of carbonyl (C=O) groups excluding carboxylic acids is 1. The Bertz CT molecular complexity index is 847. The molecular formula is C18H21BrN4O3. The maximum absolute atomic E-state index is 11.9. The number of anilines is 1. The van der Waals surface area contributed by atoms with Crippen molar-refractivity contribution >= 4 is 27.5 Å². The summed E-state index contributed by atoms with van der Waals surface area (Å²) in [7, 11) is 1.60. The standard InChI is InChI=1S/C18H21BrN4O3/c1-11(21-15-9-20-23(2)18(25)17(15)19)12-3-7-14(8-4-12)26-10-16(24)22-13-5-6-13/h3-4,7-9,11,13,21H,5-6,10H2,1-2H3,(H,22,24). The number of ether oxygens (including phenoxy) is 1. The van der Waals surface area contributed by atoms with Gasteiger partial charge in [0.1, 0.15) is 10.2 Å². The number of aryl methyl sites for hydroxylation is 1. The van der Waals surface area contributed by atoms with Gasteiger partial charge >= 0.3 is 0 Å². The molecule has 1 amide bonds. The zero-order valence-corrected chi connectivity index (χ0v) is 16.2. The molecule has 1 aliphatic carbocycles. The van der Waals surface area contributed by atoms with Crippen molar-refractivity contribution in [2.45, 2.75) is 31.8 Å². The summed E-state index contributed by atoms with van der Waals surface area (Å²) in [5, 5.41) is 10.2. The molecular weight excluding hydrogens is 400 g/mol. The fraction of sp³-hybridized carbons (Fsp3) is 0.389. The van der Waals surface area contributed by atoms with Crippen LogP contribution in [0.25, 0.3) is 0 Å². The second kappa shape index (κ2) is 7.90. The Hall–Kier alpha value is -2.35. The van der Waals surface area contributed by atoms with Gasteiger partial charge in [-0.1, -0.05) is 12.1 Å². The molecule has 3 rings (SSSR count). The van der Waals surface area contributed by atoms with Crippen molar-refractivity contribution in [3.05, 3.63) is 50.9 Å². The van der Waals surface area contributed by atoms with Crippen molar-refractivity contribution < 1.29 is 9.53 Å². The number of halogens is 1. The van der Waals surface area contributed by atoms with Crippen molar-refractivity contribution in [2.75, 3.05) is 11.9 Å². The summed E-state index contributed by atoms with van der Waals surface area (Å²) in [6.45, 7) is 2.01. The number of hydrogen-bond donors (Lipinski definition) is 2. The molecule has 7 nitrogen and oxygen atoms in total. The van der Waals surface area contributed by atoms with Gasteiger partial charge in [-0.25, -0.2) is 4.68 Å². The third kappa shape index (κ3) is 4.63.